The van der Waals surface area contributed by atoms with Crippen molar-refractivity contribution in [2.75, 3.05) is 24.5 Å². The monoisotopic (exact) mass is 369 g/mol. The SMILES string of the molecule is O=C(NC1CCCCC1)N1CCC2CC(=O)N(c3ccccc3)CCC2C1. The number of amides is 3. The number of benzene rings is 1. The van der Waals surface area contributed by atoms with Gasteiger partial charge < -0.3 is 15.1 Å². The Morgan fingerprint density at radius 3 is 2.44 bits per heavy atom. The zero-order valence-electron chi connectivity index (χ0n) is 16.1. The Kier molecular flexibility index (Phi) is 5.65. The third-order valence-electron chi connectivity index (χ3n) is 6.64. The summed E-state index contributed by atoms with van der Waals surface area (Å²) in [4.78, 5) is 29.4. The van der Waals surface area contributed by atoms with Crippen LogP contribution >= 0.6 is 0 Å². The molecule has 2 aliphatic heterocycles. The molecule has 4 rings (SSSR count). The lowest BCUT2D eigenvalue weighted by atomic mass is 9.82. The molecule has 1 N–H and O–H groups in total. The highest BCUT2D eigenvalue weighted by atomic mass is 16.2. The number of anilines is 1. The summed E-state index contributed by atoms with van der Waals surface area (Å²) < 4.78 is 0. The molecule has 0 bridgehead atoms. The minimum absolute atomic E-state index is 0.107. The molecule has 27 heavy (non-hydrogen) atoms. The Balaban J connectivity index is 1.36. The van der Waals surface area contributed by atoms with Gasteiger partial charge in [-0.15, -0.1) is 0 Å². The van der Waals surface area contributed by atoms with Gasteiger partial charge in [0, 0.05) is 37.8 Å². The molecule has 3 fully saturated rings. The lowest BCUT2D eigenvalue weighted by Gasteiger charge is -2.38. The first-order valence-corrected chi connectivity index (χ1v) is 10.6. The Bertz CT molecular complexity index is 657. The average Bonchev–Trinajstić information content (AvgIpc) is 2.87. The van der Waals surface area contributed by atoms with E-state index in [1.54, 1.807) is 0 Å². The molecular weight excluding hydrogens is 338 g/mol. The van der Waals surface area contributed by atoms with Gasteiger partial charge in [-0.3, -0.25) is 4.79 Å². The molecule has 1 aromatic carbocycles. The third-order valence-corrected chi connectivity index (χ3v) is 6.64. The lowest BCUT2D eigenvalue weighted by molar-refractivity contribution is -0.119. The molecule has 2 saturated heterocycles. The molecule has 3 amide bonds. The van der Waals surface area contributed by atoms with E-state index in [2.05, 4.69) is 5.32 Å². The summed E-state index contributed by atoms with van der Waals surface area (Å²) in [6.45, 7) is 2.32. The number of nitrogens with one attached hydrogen (secondary N) is 1. The van der Waals surface area contributed by atoms with Crippen molar-refractivity contribution in [1.29, 1.82) is 0 Å². The summed E-state index contributed by atoms with van der Waals surface area (Å²) >= 11 is 0. The van der Waals surface area contributed by atoms with Gasteiger partial charge >= 0.3 is 6.03 Å². The van der Waals surface area contributed by atoms with Crippen molar-refractivity contribution in [3.63, 3.8) is 0 Å². The van der Waals surface area contributed by atoms with Crippen molar-refractivity contribution in [2.24, 2.45) is 11.8 Å². The quantitative estimate of drug-likeness (QED) is 0.862. The highest BCUT2D eigenvalue weighted by Gasteiger charge is 2.37. The summed E-state index contributed by atoms with van der Waals surface area (Å²) in [6, 6.07) is 10.4. The highest BCUT2D eigenvalue weighted by Crippen LogP contribution is 2.34. The second-order valence-corrected chi connectivity index (χ2v) is 8.41. The van der Waals surface area contributed by atoms with Crippen LogP contribution in [0.5, 0.6) is 0 Å². The molecular formula is C22H31N3O2. The smallest absolute Gasteiger partial charge is 0.317 e. The zero-order chi connectivity index (χ0) is 18.6. The van der Waals surface area contributed by atoms with Crippen LogP contribution in [-0.4, -0.2) is 42.5 Å². The van der Waals surface area contributed by atoms with Crippen molar-refractivity contribution in [3.05, 3.63) is 30.3 Å². The van der Waals surface area contributed by atoms with Gasteiger partial charge in [-0.05, 0) is 49.7 Å². The number of hydrogen-bond donors (Lipinski definition) is 1. The summed E-state index contributed by atoms with van der Waals surface area (Å²) in [5.41, 5.74) is 0.994. The lowest BCUT2D eigenvalue weighted by Crippen LogP contribution is -2.50. The topological polar surface area (TPSA) is 52.7 Å². The maximum absolute atomic E-state index is 12.8. The number of likely N-dealkylation sites (tertiary alicyclic amines) is 1. The largest absolute Gasteiger partial charge is 0.335 e. The predicted molar refractivity (Wildman–Crippen MR) is 107 cm³/mol. The maximum atomic E-state index is 12.8. The van der Waals surface area contributed by atoms with Crippen molar-refractivity contribution < 1.29 is 9.59 Å². The van der Waals surface area contributed by atoms with Crippen LogP contribution in [0.4, 0.5) is 10.5 Å². The second kappa shape index (κ2) is 8.32. The molecule has 2 unspecified atom stereocenters. The maximum Gasteiger partial charge on any atom is 0.317 e. The number of fused-ring (bicyclic) bond motifs is 1. The number of piperidine rings is 1. The standard InChI is InChI=1S/C22H31N3O2/c26-21-15-17-11-13-24(22(27)23-19-7-3-1-4-8-19)16-18(17)12-14-25(21)20-9-5-2-6-10-20/h2,5-6,9-10,17-19H,1,3-4,7-8,11-16H2,(H,23,27). The molecule has 2 heterocycles. The summed E-state index contributed by atoms with van der Waals surface area (Å²) in [6.07, 6.45) is 8.51. The predicted octanol–water partition coefficient (Wildman–Crippen LogP) is 3.79. The summed E-state index contributed by atoms with van der Waals surface area (Å²) in [7, 11) is 0. The van der Waals surface area contributed by atoms with E-state index >= 15 is 0 Å². The van der Waals surface area contributed by atoms with Gasteiger partial charge in [0.1, 0.15) is 0 Å². The van der Waals surface area contributed by atoms with Crippen LogP contribution in [0.1, 0.15) is 51.4 Å². The molecule has 1 saturated carbocycles. The summed E-state index contributed by atoms with van der Waals surface area (Å²) in [5.74, 6) is 1.06. The van der Waals surface area contributed by atoms with E-state index < -0.39 is 0 Å². The number of nitrogens with zero attached hydrogens (tertiary/aromatic N) is 2. The Labute approximate surface area is 162 Å². The number of urea groups is 1. The number of hydrogen-bond acceptors (Lipinski definition) is 2. The van der Waals surface area contributed by atoms with E-state index in [0.717, 1.165) is 51.0 Å². The second-order valence-electron chi connectivity index (χ2n) is 8.41. The number of carbonyl (C=O) groups excluding carboxylic acids is 2. The van der Waals surface area contributed by atoms with Gasteiger partial charge in [-0.1, -0.05) is 37.5 Å². The first-order chi connectivity index (χ1) is 13.2. The van der Waals surface area contributed by atoms with Crippen molar-refractivity contribution >= 4 is 17.6 Å². The van der Waals surface area contributed by atoms with Crippen LogP contribution in [0, 0.1) is 11.8 Å². The van der Waals surface area contributed by atoms with Gasteiger partial charge in [0.15, 0.2) is 0 Å². The number of para-hydroxylation sites is 1. The van der Waals surface area contributed by atoms with Crippen LogP contribution in [0.2, 0.25) is 0 Å². The molecule has 5 heteroatoms. The molecule has 0 aromatic heterocycles. The molecule has 3 aliphatic rings. The van der Waals surface area contributed by atoms with Crippen LogP contribution < -0.4 is 10.2 Å². The first-order valence-electron chi connectivity index (χ1n) is 10.6. The molecule has 146 valence electrons. The van der Waals surface area contributed by atoms with Crippen LogP contribution in [0.3, 0.4) is 0 Å². The zero-order valence-corrected chi connectivity index (χ0v) is 16.1. The molecule has 1 aliphatic carbocycles. The normalized spacial score (nSPS) is 27.0. The fourth-order valence-corrected chi connectivity index (χ4v) is 5.01. The Morgan fingerprint density at radius 1 is 0.926 bits per heavy atom. The van der Waals surface area contributed by atoms with E-state index in [-0.39, 0.29) is 11.9 Å². The van der Waals surface area contributed by atoms with Crippen LogP contribution in [0.25, 0.3) is 0 Å². The molecule has 0 radical (unpaired) electrons. The highest BCUT2D eigenvalue weighted by molar-refractivity contribution is 5.93. The van der Waals surface area contributed by atoms with E-state index in [0.29, 0.717) is 24.3 Å². The molecule has 2 atom stereocenters. The minimum Gasteiger partial charge on any atom is -0.335 e. The molecule has 0 spiro atoms. The first kappa shape index (κ1) is 18.3. The van der Waals surface area contributed by atoms with Crippen molar-refractivity contribution in [2.45, 2.75) is 57.4 Å². The average molecular weight is 370 g/mol. The molecule has 5 nitrogen and oxygen atoms in total. The van der Waals surface area contributed by atoms with Crippen molar-refractivity contribution in [1.82, 2.24) is 10.2 Å². The van der Waals surface area contributed by atoms with Gasteiger partial charge in [0.2, 0.25) is 5.91 Å². The molecule has 1 aromatic rings. The fourth-order valence-electron chi connectivity index (χ4n) is 5.01. The van der Waals surface area contributed by atoms with Crippen LogP contribution in [-0.2, 0) is 4.79 Å². The fraction of sp³-hybridized carbons (Fsp3) is 0.636. The van der Waals surface area contributed by atoms with Gasteiger partial charge in [0.25, 0.3) is 0 Å². The van der Waals surface area contributed by atoms with Gasteiger partial charge in [-0.25, -0.2) is 4.79 Å². The number of rotatable bonds is 2. The minimum atomic E-state index is 0.107. The van der Waals surface area contributed by atoms with Gasteiger partial charge in [-0.2, -0.15) is 0 Å². The van der Waals surface area contributed by atoms with E-state index in [4.69, 9.17) is 0 Å². The van der Waals surface area contributed by atoms with Crippen LogP contribution in [0.15, 0.2) is 30.3 Å². The Hall–Kier alpha value is -2.04. The Morgan fingerprint density at radius 2 is 1.67 bits per heavy atom. The van der Waals surface area contributed by atoms with Gasteiger partial charge in [0.05, 0.1) is 0 Å². The van der Waals surface area contributed by atoms with E-state index in [9.17, 15) is 9.59 Å². The van der Waals surface area contributed by atoms with Crippen molar-refractivity contribution in [3.8, 4) is 0 Å². The van der Waals surface area contributed by atoms with E-state index in [1.807, 2.05) is 40.1 Å². The summed E-state index contributed by atoms with van der Waals surface area (Å²) in [5, 5.41) is 3.25. The number of carbonyl (C=O) groups is 2. The van der Waals surface area contributed by atoms with E-state index in [1.165, 1.54) is 19.3 Å². The third kappa shape index (κ3) is 4.28.